The fourth-order valence-corrected chi connectivity index (χ4v) is 3.82. The summed E-state index contributed by atoms with van der Waals surface area (Å²) < 4.78 is 23.9. The number of hydrogen-bond acceptors (Lipinski definition) is 4. The van der Waals surface area contributed by atoms with Crippen molar-refractivity contribution in [3.05, 3.63) is 65.5 Å². The highest BCUT2D eigenvalue weighted by molar-refractivity contribution is 5.92. The molecule has 1 amide bonds. The molecule has 0 aromatic heterocycles. The van der Waals surface area contributed by atoms with Gasteiger partial charge in [0, 0.05) is 6.08 Å². The Kier molecular flexibility index (Phi) is 7.45. The van der Waals surface area contributed by atoms with Gasteiger partial charge in [0.15, 0.2) is 18.1 Å². The van der Waals surface area contributed by atoms with Gasteiger partial charge in [-0.25, -0.2) is 4.39 Å². The summed E-state index contributed by atoms with van der Waals surface area (Å²) in [4.78, 5) is 12.6. The van der Waals surface area contributed by atoms with Crippen LogP contribution in [0.15, 0.2) is 48.5 Å². The van der Waals surface area contributed by atoms with Crippen LogP contribution in [-0.4, -0.2) is 19.6 Å². The third-order valence-electron chi connectivity index (χ3n) is 5.31. The largest absolute Gasteiger partial charge is 0.493 e. The van der Waals surface area contributed by atoms with Gasteiger partial charge in [-0.1, -0.05) is 31.0 Å². The molecule has 6 heteroatoms. The molecule has 1 N–H and O–H groups in total. The van der Waals surface area contributed by atoms with E-state index in [1.807, 2.05) is 6.07 Å². The number of carbonyl (C=O) groups is 1. The van der Waals surface area contributed by atoms with Crippen molar-refractivity contribution in [2.24, 2.45) is 5.92 Å². The molecule has 2 aromatic carbocycles. The van der Waals surface area contributed by atoms with Crippen LogP contribution in [0.5, 0.6) is 11.5 Å². The van der Waals surface area contributed by atoms with E-state index in [2.05, 4.69) is 5.32 Å². The maximum Gasteiger partial charge on any atom is 0.244 e. The van der Waals surface area contributed by atoms with E-state index in [1.54, 1.807) is 36.4 Å². The Hall–Kier alpha value is -3.33. The Morgan fingerprint density at radius 1 is 1.23 bits per heavy atom. The van der Waals surface area contributed by atoms with Gasteiger partial charge in [0.1, 0.15) is 11.9 Å². The lowest BCUT2D eigenvalue weighted by molar-refractivity contribution is -0.117. The van der Waals surface area contributed by atoms with Crippen LogP contribution < -0.4 is 14.8 Å². The normalized spacial score (nSPS) is 15.0. The number of carbonyl (C=O) groups excluding carboxylic acids is 1. The molecule has 0 heterocycles. The summed E-state index contributed by atoms with van der Waals surface area (Å²) in [6, 6.07) is 13.4. The Balaban J connectivity index is 1.71. The predicted octanol–water partition coefficient (Wildman–Crippen LogP) is 4.80. The minimum atomic E-state index is -0.286. The number of nitrogens with zero attached hydrogens (tertiary/aromatic N) is 1. The van der Waals surface area contributed by atoms with E-state index < -0.39 is 0 Å². The first-order valence-corrected chi connectivity index (χ1v) is 10.0. The van der Waals surface area contributed by atoms with Crippen molar-refractivity contribution in [3.8, 4) is 17.6 Å². The van der Waals surface area contributed by atoms with E-state index in [0.717, 1.165) is 36.8 Å². The lowest BCUT2D eigenvalue weighted by atomic mass is 9.91. The second kappa shape index (κ2) is 10.4. The lowest BCUT2D eigenvalue weighted by Crippen LogP contribution is -2.31. The molecule has 0 spiro atoms. The van der Waals surface area contributed by atoms with E-state index in [0.29, 0.717) is 17.4 Å². The van der Waals surface area contributed by atoms with Crippen LogP contribution in [0.4, 0.5) is 4.39 Å². The molecular formula is C24H25FN2O3. The van der Waals surface area contributed by atoms with Crippen molar-refractivity contribution in [1.29, 1.82) is 5.26 Å². The molecule has 5 nitrogen and oxygen atoms in total. The number of nitrogens with one attached hydrogen (secondary N) is 1. The number of rotatable bonds is 8. The van der Waals surface area contributed by atoms with Gasteiger partial charge in [0.25, 0.3) is 0 Å². The summed E-state index contributed by atoms with van der Waals surface area (Å²) in [5.41, 5.74) is 1.69. The van der Waals surface area contributed by atoms with Crippen LogP contribution in [0.2, 0.25) is 0 Å². The molecule has 1 aliphatic rings. The summed E-state index contributed by atoms with van der Waals surface area (Å²) in [5, 5.41) is 11.7. The molecule has 1 saturated carbocycles. The maximum atomic E-state index is 13.3. The minimum Gasteiger partial charge on any atom is -0.493 e. The van der Waals surface area contributed by atoms with E-state index >= 15 is 0 Å². The molecule has 1 aliphatic carbocycles. The molecule has 1 fully saturated rings. The Bertz CT molecular complexity index is 928. The molecule has 1 atom stereocenters. The summed E-state index contributed by atoms with van der Waals surface area (Å²) in [6.45, 7) is -0.0696. The Morgan fingerprint density at radius 3 is 2.63 bits per heavy atom. The third-order valence-corrected chi connectivity index (χ3v) is 5.31. The number of nitriles is 1. The first kappa shape index (κ1) is 21.4. The van der Waals surface area contributed by atoms with E-state index in [9.17, 15) is 9.18 Å². The first-order valence-electron chi connectivity index (χ1n) is 10.0. The van der Waals surface area contributed by atoms with Crippen LogP contribution in [0.25, 0.3) is 6.08 Å². The van der Waals surface area contributed by atoms with Crippen molar-refractivity contribution in [1.82, 2.24) is 5.32 Å². The zero-order chi connectivity index (χ0) is 21.3. The molecule has 3 rings (SSSR count). The molecule has 0 radical (unpaired) electrons. The second-order valence-corrected chi connectivity index (χ2v) is 7.27. The smallest absolute Gasteiger partial charge is 0.244 e. The van der Waals surface area contributed by atoms with Crippen LogP contribution >= 0.6 is 0 Å². The van der Waals surface area contributed by atoms with Gasteiger partial charge < -0.3 is 14.8 Å². The number of halogens is 1. The van der Waals surface area contributed by atoms with Gasteiger partial charge in [-0.3, -0.25) is 4.79 Å². The van der Waals surface area contributed by atoms with Crippen LogP contribution in [0.3, 0.4) is 0 Å². The van der Waals surface area contributed by atoms with E-state index in [-0.39, 0.29) is 24.4 Å². The molecule has 0 saturated heterocycles. The predicted molar refractivity (Wildman–Crippen MR) is 112 cm³/mol. The van der Waals surface area contributed by atoms with Gasteiger partial charge >= 0.3 is 0 Å². The fourth-order valence-electron chi connectivity index (χ4n) is 3.82. The standard InChI is InChI=1S/C24H25FN2O3/c1-29-22-16-17(6-12-21(22)30-15-14-26)7-13-23(28)27-24(18-4-2-3-5-18)19-8-10-20(25)11-9-19/h6-13,16,18,24H,2-5,15H2,1H3,(H,27,28)/b13-7+. The number of methoxy groups -OCH3 is 1. The zero-order valence-corrected chi connectivity index (χ0v) is 16.9. The summed E-state index contributed by atoms with van der Waals surface area (Å²) in [6.07, 6.45) is 7.57. The lowest BCUT2D eigenvalue weighted by Gasteiger charge is -2.24. The van der Waals surface area contributed by atoms with Gasteiger partial charge in [-0.05, 0) is 60.2 Å². The van der Waals surface area contributed by atoms with Gasteiger partial charge in [0.2, 0.25) is 5.91 Å². The number of hydrogen-bond donors (Lipinski definition) is 1. The molecule has 1 unspecified atom stereocenters. The van der Waals surface area contributed by atoms with E-state index in [4.69, 9.17) is 14.7 Å². The van der Waals surface area contributed by atoms with Gasteiger partial charge in [0.05, 0.1) is 13.2 Å². The number of amides is 1. The van der Waals surface area contributed by atoms with Crippen molar-refractivity contribution in [2.75, 3.05) is 13.7 Å². The van der Waals surface area contributed by atoms with E-state index in [1.165, 1.54) is 25.3 Å². The topological polar surface area (TPSA) is 71.3 Å². The average molecular weight is 408 g/mol. The maximum absolute atomic E-state index is 13.3. The van der Waals surface area contributed by atoms with Crippen molar-refractivity contribution >= 4 is 12.0 Å². The third kappa shape index (κ3) is 5.60. The fraction of sp³-hybridized carbons (Fsp3) is 0.333. The van der Waals surface area contributed by atoms with Crippen LogP contribution in [0, 0.1) is 23.1 Å². The minimum absolute atomic E-state index is 0.0696. The highest BCUT2D eigenvalue weighted by atomic mass is 19.1. The monoisotopic (exact) mass is 408 g/mol. The zero-order valence-electron chi connectivity index (χ0n) is 16.9. The second-order valence-electron chi connectivity index (χ2n) is 7.27. The molecule has 0 bridgehead atoms. The van der Waals surface area contributed by atoms with Crippen molar-refractivity contribution in [3.63, 3.8) is 0 Å². The molecule has 2 aromatic rings. The number of ether oxygens (including phenoxy) is 2. The summed E-state index contributed by atoms with van der Waals surface area (Å²) >= 11 is 0. The SMILES string of the molecule is COc1cc(/C=C/C(=O)NC(c2ccc(F)cc2)C2CCCC2)ccc1OCC#N. The van der Waals surface area contributed by atoms with Crippen LogP contribution in [0.1, 0.15) is 42.9 Å². The molecule has 30 heavy (non-hydrogen) atoms. The highest BCUT2D eigenvalue weighted by Crippen LogP contribution is 2.36. The summed E-state index contributed by atoms with van der Waals surface area (Å²) in [5.74, 6) is 0.817. The average Bonchev–Trinajstić information content (AvgIpc) is 3.30. The first-order chi connectivity index (χ1) is 14.6. The quantitative estimate of drug-likeness (QED) is 0.637. The van der Waals surface area contributed by atoms with Crippen molar-refractivity contribution < 1.29 is 18.7 Å². The molecular weight excluding hydrogens is 383 g/mol. The van der Waals surface area contributed by atoms with Gasteiger partial charge in [-0.2, -0.15) is 5.26 Å². The van der Waals surface area contributed by atoms with Gasteiger partial charge in [-0.15, -0.1) is 0 Å². The Labute approximate surface area is 176 Å². The molecule has 156 valence electrons. The molecule has 0 aliphatic heterocycles. The highest BCUT2D eigenvalue weighted by Gasteiger charge is 2.27. The van der Waals surface area contributed by atoms with Crippen molar-refractivity contribution in [2.45, 2.75) is 31.7 Å². The Morgan fingerprint density at radius 2 is 1.97 bits per heavy atom. The van der Waals surface area contributed by atoms with Crippen LogP contribution in [-0.2, 0) is 4.79 Å². The number of benzene rings is 2. The summed E-state index contributed by atoms with van der Waals surface area (Å²) in [7, 11) is 1.52.